The first-order chi connectivity index (χ1) is 9.84. The Kier molecular flexibility index (Phi) is 3.20. The number of amidine groups is 1. The van der Waals surface area contributed by atoms with Gasteiger partial charge in [0.15, 0.2) is 6.10 Å². The van der Waals surface area contributed by atoms with Crippen LogP contribution in [0.3, 0.4) is 0 Å². The maximum atomic E-state index is 14.1. The number of halogens is 4. The van der Waals surface area contributed by atoms with Gasteiger partial charge in [-0.3, -0.25) is 4.99 Å². The number of benzene rings is 1. The Hall–Kier alpha value is -1.63. The number of alkyl halides is 3. The summed E-state index contributed by atoms with van der Waals surface area (Å²) in [5, 5.41) is 0. The van der Waals surface area contributed by atoms with Gasteiger partial charge in [0.1, 0.15) is 11.4 Å². The van der Waals surface area contributed by atoms with E-state index in [1.807, 2.05) is 0 Å². The van der Waals surface area contributed by atoms with Gasteiger partial charge in [-0.25, -0.2) is 4.39 Å². The van der Waals surface area contributed by atoms with Gasteiger partial charge in [0.2, 0.25) is 0 Å². The van der Waals surface area contributed by atoms with Crippen LogP contribution in [0.25, 0.3) is 0 Å². The molecule has 2 aliphatic rings. The first-order valence-corrected chi connectivity index (χ1v) is 6.62. The van der Waals surface area contributed by atoms with Crippen LogP contribution in [0.5, 0.6) is 0 Å². The minimum absolute atomic E-state index is 0.115. The highest BCUT2D eigenvalue weighted by Crippen LogP contribution is 2.51. The zero-order valence-corrected chi connectivity index (χ0v) is 11.0. The van der Waals surface area contributed by atoms with Crippen LogP contribution >= 0.6 is 0 Å². The fourth-order valence-corrected chi connectivity index (χ4v) is 3.28. The highest BCUT2D eigenvalue weighted by atomic mass is 19.4. The van der Waals surface area contributed by atoms with Crippen molar-refractivity contribution in [3.8, 4) is 0 Å². The number of aliphatic imine (C=N–C) groups is 1. The predicted molar refractivity (Wildman–Crippen MR) is 68.2 cm³/mol. The fraction of sp³-hybridized carbons (Fsp3) is 0.500. The van der Waals surface area contributed by atoms with Crippen molar-refractivity contribution in [2.75, 3.05) is 6.61 Å². The zero-order valence-electron chi connectivity index (χ0n) is 11.0. The molecule has 2 heterocycles. The number of hydrogen-bond donors (Lipinski definition) is 1. The van der Waals surface area contributed by atoms with Gasteiger partial charge in [-0.1, -0.05) is 18.2 Å². The third-order valence-electron chi connectivity index (χ3n) is 4.18. The van der Waals surface area contributed by atoms with Crippen LogP contribution in [0.4, 0.5) is 17.6 Å². The summed E-state index contributed by atoms with van der Waals surface area (Å²) < 4.78 is 58.4. The lowest BCUT2D eigenvalue weighted by atomic mass is 9.73. The monoisotopic (exact) mass is 302 g/mol. The molecule has 3 nitrogen and oxygen atoms in total. The maximum Gasteiger partial charge on any atom is 0.414 e. The summed E-state index contributed by atoms with van der Waals surface area (Å²) in [6.07, 6.45) is -6.00. The van der Waals surface area contributed by atoms with Crippen LogP contribution in [0.2, 0.25) is 0 Å². The average Bonchev–Trinajstić information content (AvgIpc) is 2.78. The maximum absolute atomic E-state index is 14.1. The highest BCUT2D eigenvalue weighted by Gasteiger charge is 2.61. The molecular formula is C14H14F4N2O. The van der Waals surface area contributed by atoms with Crippen LogP contribution < -0.4 is 5.73 Å². The Labute approximate surface area is 118 Å². The summed E-state index contributed by atoms with van der Waals surface area (Å²) in [6, 6.07) is 5.72. The Morgan fingerprint density at radius 2 is 2.00 bits per heavy atom. The molecule has 1 aromatic rings. The summed E-state index contributed by atoms with van der Waals surface area (Å²) in [6.45, 7) is -0.316. The molecule has 114 valence electrons. The SMILES string of the molecule is NC1=NC2(c3ccccc3F)COC(C(F)(F)F)C2CC1. The number of nitrogens with two attached hydrogens (primary N) is 1. The molecule has 0 amide bonds. The molecule has 2 N–H and O–H groups in total. The van der Waals surface area contributed by atoms with Crippen molar-refractivity contribution >= 4 is 5.84 Å². The van der Waals surface area contributed by atoms with Crippen LogP contribution in [0.15, 0.2) is 29.3 Å². The van der Waals surface area contributed by atoms with Crippen molar-refractivity contribution in [1.82, 2.24) is 0 Å². The van der Waals surface area contributed by atoms with Crippen molar-refractivity contribution in [2.24, 2.45) is 16.6 Å². The second-order valence-electron chi connectivity index (χ2n) is 5.43. The van der Waals surface area contributed by atoms with Gasteiger partial charge in [-0.2, -0.15) is 13.2 Å². The molecule has 2 aliphatic heterocycles. The standard InChI is InChI=1S/C14H14F4N2O/c15-10-4-2-1-3-8(10)13-7-21-12(14(16,17)18)9(13)5-6-11(19)20-13/h1-4,9,12H,5-7H2,(H2,19,20). The summed E-state index contributed by atoms with van der Waals surface area (Å²) in [7, 11) is 0. The van der Waals surface area contributed by atoms with Crippen LogP contribution in [0.1, 0.15) is 18.4 Å². The van der Waals surface area contributed by atoms with Crippen LogP contribution in [-0.2, 0) is 10.3 Å². The largest absolute Gasteiger partial charge is 0.414 e. The van der Waals surface area contributed by atoms with E-state index in [1.165, 1.54) is 18.2 Å². The number of hydrogen-bond acceptors (Lipinski definition) is 3. The Morgan fingerprint density at radius 1 is 1.29 bits per heavy atom. The van der Waals surface area contributed by atoms with E-state index >= 15 is 0 Å². The lowest BCUT2D eigenvalue weighted by Gasteiger charge is -2.36. The van der Waals surface area contributed by atoms with Crippen LogP contribution in [0, 0.1) is 11.7 Å². The molecule has 0 aromatic heterocycles. The second kappa shape index (κ2) is 4.69. The smallest absolute Gasteiger partial charge is 0.387 e. The summed E-state index contributed by atoms with van der Waals surface area (Å²) in [5.41, 5.74) is 4.44. The topological polar surface area (TPSA) is 47.6 Å². The van der Waals surface area contributed by atoms with Gasteiger partial charge in [0.05, 0.1) is 12.4 Å². The van der Waals surface area contributed by atoms with E-state index in [0.717, 1.165) is 0 Å². The number of rotatable bonds is 1. The molecule has 0 bridgehead atoms. The molecule has 7 heteroatoms. The van der Waals surface area contributed by atoms with Gasteiger partial charge in [-0.05, 0) is 12.5 Å². The van der Waals surface area contributed by atoms with Crippen molar-refractivity contribution < 1.29 is 22.3 Å². The van der Waals surface area contributed by atoms with E-state index in [9.17, 15) is 17.6 Å². The highest BCUT2D eigenvalue weighted by molar-refractivity contribution is 5.81. The Morgan fingerprint density at radius 3 is 2.67 bits per heavy atom. The summed E-state index contributed by atoms with van der Waals surface area (Å²) >= 11 is 0. The van der Waals surface area contributed by atoms with Crippen molar-refractivity contribution in [3.63, 3.8) is 0 Å². The number of fused-ring (bicyclic) bond motifs is 1. The first kappa shape index (κ1) is 14.3. The zero-order chi connectivity index (χ0) is 15.3. The van der Waals surface area contributed by atoms with E-state index in [2.05, 4.69) is 4.99 Å². The van der Waals surface area contributed by atoms with Gasteiger partial charge in [-0.15, -0.1) is 0 Å². The van der Waals surface area contributed by atoms with E-state index in [1.54, 1.807) is 6.07 Å². The summed E-state index contributed by atoms with van der Waals surface area (Å²) in [5.74, 6) is -1.31. The van der Waals surface area contributed by atoms with Gasteiger partial charge in [0.25, 0.3) is 0 Å². The van der Waals surface area contributed by atoms with Gasteiger partial charge < -0.3 is 10.5 Å². The van der Waals surface area contributed by atoms with Crippen molar-refractivity contribution in [1.29, 1.82) is 0 Å². The van der Waals surface area contributed by atoms with Gasteiger partial charge >= 0.3 is 6.18 Å². The van der Waals surface area contributed by atoms with E-state index < -0.39 is 29.6 Å². The molecule has 1 aromatic carbocycles. The molecule has 1 saturated heterocycles. The predicted octanol–water partition coefficient (Wildman–Crippen LogP) is 2.75. The lowest BCUT2D eigenvalue weighted by Crippen LogP contribution is -2.45. The number of ether oxygens (including phenoxy) is 1. The lowest BCUT2D eigenvalue weighted by molar-refractivity contribution is -0.217. The molecular weight excluding hydrogens is 288 g/mol. The third kappa shape index (κ3) is 2.19. The fourth-order valence-electron chi connectivity index (χ4n) is 3.28. The van der Waals surface area contributed by atoms with Crippen molar-refractivity contribution in [3.05, 3.63) is 35.6 Å². The quantitative estimate of drug-likeness (QED) is 0.811. The Balaban J connectivity index is 2.13. The van der Waals surface area contributed by atoms with E-state index in [4.69, 9.17) is 10.5 Å². The normalized spacial score (nSPS) is 32.7. The molecule has 0 saturated carbocycles. The first-order valence-electron chi connectivity index (χ1n) is 6.62. The molecule has 1 fully saturated rings. The minimum atomic E-state index is -4.50. The van der Waals surface area contributed by atoms with Crippen LogP contribution in [-0.4, -0.2) is 24.7 Å². The molecule has 21 heavy (non-hydrogen) atoms. The molecule has 3 atom stereocenters. The molecule has 0 radical (unpaired) electrons. The minimum Gasteiger partial charge on any atom is -0.387 e. The van der Waals surface area contributed by atoms with Crippen molar-refractivity contribution in [2.45, 2.75) is 30.7 Å². The van der Waals surface area contributed by atoms with E-state index in [-0.39, 0.29) is 30.8 Å². The molecule has 3 rings (SSSR count). The average molecular weight is 302 g/mol. The van der Waals surface area contributed by atoms with Gasteiger partial charge in [0, 0.05) is 17.9 Å². The molecule has 0 aliphatic carbocycles. The molecule has 3 unspecified atom stereocenters. The number of nitrogens with zero attached hydrogens (tertiary/aromatic N) is 1. The Bertz CT molecular complexity index is 587. The molecule has 0 spiro atoms. The van der Waals surface area contributed by atoms with E-state index in [0.29, 0.717) is 0 Å². The second-order valence-corrected chi connectivity index (χ2v) is 5.43. The third-order valence-corrected chi connectivity index (χ3v) is 4.18. The summed E-state index contributed by atoms with van der Waals surface area (Å²) in [4.78, 5) is 4.20.